The van der Waals surface area contributed by atoms with Crippen LogP contribution in [0.2, 0.25) is 0 Å². The zero-order chi connectivity index (χ0) is 22.0. The Morgan fingerprint density at radius 2 is 1.90 bits per heavy atom. The van der Waals surface area contributed by atoms with Crippen LogP contribution in [-0.4, -0.2) is 48.5 Å². The van der Waals surface area contributed by atoms with Gasteiger partial charge in [-0.25, -0.2) is 13.4 Å². The number of amides is 2. The van der Waals surface area contributed by atoms with Crippen LogP contribution in [-0.2, 0) is 19.6 Å². The molecule has 1 atom stereocenters. The zero-order valence-corrected chi connectivity index (χ0v) is 18.8. The molecule has 2 aliphatic rings. The lowest BCUT2D eigenvalue weighted by Gasteiger charge is -2.28. The molecule has 2 aliphatic heterocycles. The van der Waals surface area contributed by atoms with E-state index in [2.05, 4.69) is 15.0 Å². The van der Waals surface area contributed by atoms with Gasteiger partial charge in [-0.1, -0.05) is 18.9 Å². The number of benzene rings is 1. The summed E-state index contributed by atoms with van der Waals surface area (Å²) in [5, 5.41) is 1.86. The Balaban J connectivity index is 1.52. The second-order valence-electron chi connectivity index (χ2n) is 7.71. The van der Waals surface area contributed by atoms with Gasteiger partial charge in [0.05, 0.1) is 10.6 Å². The zero-order valence-electron chi connectivity index (χ0n) is 17.1. The molecule has 8 nitrogen and oxygen atoms in total. The number of hydrogen-bond acceptors (Lipinski definition) is 6. The van der Waals surface area contributed by atoms with Crippen LogP contribution in [0.1, 0.15) is 31.2 Å². The van der Waals surface area contributed by atoms with Crippen molar-refractivity contribution >= 4 is 45.1 Å². The Bertz CT molecular complexity index is 1090. The summed E-state index contributed by atoms with van der Waals surface area (Å²) in [6, 6.07) is 7.84. The number of aromatic nitrogens is 1. The summed E-state index contributed by atoms with van der Waals surface area (Å²) in [6.45, 7) is 3.21. The molecule has 1 fully saturated rings. The molecular formula is C21H24N4O4S2. The van der Waals surface area contributed by atoms with Gasteiger partial charge in [-0.05, 0) is 49.6 Å². The molecule has 1 aromatic heterocycles. The average molecular weight is 461 g/mol. The summed E-state index contributed by atoms with van der Waals surface area (Å²) in [5.41, 5.74) is 1.30. The third-order valence-corrected chi connectivity index (χ3v) is 7.91. The number of pyridine rings is 1. The molecule has 4 rings (SSSR count). The van der Waals surface area contributed by atoms with Crippen LogP contribution >= 0.6 is 11.8 Å². The van der Waals surface area contributed by atoms with Gasteiger partial charge < -0.3 is 10.2 Å². The average Bonchev–Trinajstić information content (AvgIpc) is 3.03. The van der Waals surface area contributed by atoms with Crippen LogP contribution in [0.25, 0.3) is 0 Å². The van der Waals surface area contributed by atoms with Crippen molar-refractivity contribution in [2.45, 2.75) is 47.6 Å². The van der Waals surface area contributed by atoms with Crippen molar-refractivity contribution in [3.63, 3.8) is 0 Å². The first-order valence-electron chi connectivity index (χ1n) is 10.2. The van der Waals surface area contributed by atoms with E-state index in [-0.39, 0.29) is 16.6 Å². The molecular weight excluding hydrogens is 436 g/mol. The fourth-order valence-electron chi connectivity index (χ4n) is 3.60. The minimum atomic E-state index is -3.88. The van der Waals surface area contributed by atoms with Crippen molar-refractivity contribution in [2.75, 3.05) is 23.1 Å². The van der Waals surface area contributed by atoms with Gasteiger partial charge in [0, 0.05) is 24.2 Å². The molecule has 3 heterocycles. The van der Waals surface area contributed by atoms with E-state index in [1.54, 1.807) is 29.3 Å². The fraction of sp³-hybridized carbons (Fsp3) is 0.381. The fourth-order valence-corrected chi connectivity index (χ4v) is 5.69. The Hall–Kier alpha value is -2.59. The van der Waals surface area contributed by atoms with Crippen molar-refractivity contribution in [2.24, 2.45) is 0 Å². The molecule has 0 aliphatic carbocycles. The van der Waals surface area contributed by atoms with Gasteiger partial charge in [0.1, 0.15) is 5.82 Å². The summed E-state index contributed by atoms with van der Waals surface area (Å²) >= 11 is 1.17. The summed E-state index contributed by atoms with van der Waals surface area (Å²) in [6.07, 6.45) is 5.67. The van der Waals surface area contributed by atoms with E-state index in [0.29, 0.717) is 23.7 Å². The molecule has 31 heavy (non-hydrogen) atoms. The molecule has 164 valence electrons. The number of hydrogen-bond donors (Lipinski definition) is 2. The molecule has 2 aromatic rings. The number of likely N-dealkylation sites (tertiary alicyclic amines) is 1. The Labute approximate surface area is 185 Å². The number of sulfonamides is 1. The third kappa shape index (κ3) is 4.85. The summed E-state index contributed by atoms with van der Waals surface area (Å²) in [5.74, 6) is -0.391. The number of nitrogens with one attached hydrogen (secondary N) is 2. The number of fused-ring (bicyclic) bond motifs is 1. The highest BCUT2D eigenvalue weighted by atomic mass is 32.2. The van der Waals surface area contributed by atoms with Crippen molar-refractivity contribution in [3.8, 4) is 0 Å². The molecule has 1 unspecified atom stereocenters. The van der Waals surface area contributed by atoms with Gasteiger partial charge in [-0.2, -0.15) is 0 Å². The Morgan fingerprint density at radius 1 is 1.16 bits per heavy atom. The lowest BCUT2D eigenvalue weighted by atomic mass is 10.2. The second kappa shape index (κ2) is 8.88. The number of carbonyl (C=O) groups is 2. The predicted octanol–water partition coefficient (Wildman–Crippen LogP) is 3.01. The highest BCUT2D eigenvalue weighted by Crippen LogP contribution is 2.38. The standard InChI is InChI=1S/C21H24N4O4S2/c1-14-6-9-18(22-13-14)24-31(28,29)15-7-8-17-16(12-15)23-20(26)19(30-17)21(27)25-10-4-2-3-5-11-25/h6-9,12-13,19H,2-5,10-11H2,1H3,(H,22,24)(H,23,26). The van der Waals surface area contributed by atoms with E-state index in [1.165, 1.54) is 23.9 Å². The number of carbonyl (C=O) groups excluding carboxylic acids is 2. The maximum absolute atomic E-state index is 12.9. The number of anilines is 2. The van der Waals surface area contributed by atoms with Gasteiger partial charge in [-0.15, -0.1) is 11.8 Å². The normalized spacial score (nSPS) is 19.2. The van der Waals surface area contributed by atoms with Gasteiger partial charge in [0.25, 0.3) is 10.0 Å². The van der Waals surface area contributed by atoms with Gasteiger partial charge in [0.2, 0.25) is 11.8 Å². The van der Waals surface area contributed by atoms with Crippen molar-refractivity contribution in [3.05, 3.63) is 42.1 Å². The van der Waals surface area contributed by atoms with E-state index >= 15 is 0 Å². The molecule has 1 aromatic carbocycles. The minimum Gasteiger partial charge on any atom is -0.341 e. The van der Waals surface area contributed by atoms with Crippen LogP contribution in [0.5, 0.6) is 0 Å². The minimum absolute atomic E-state index is 0.00631. The lowest BCUT2D eigenvalue weighted by Crippen LogP contribution is -2.45. The van der Waals surface area contributed by atoms with Gasteiger partial charge in [-0.3, -0.25) is 14.3 Å². The molecule has 0 bridgehead atoms. The first-order valence-corrected chi connectivity index (χ1v) is 12.6. The van der Waals surface area contributed by atoms with E-state index in [9.17, 15) is 18.0 Å². The first kappa shape index (κ1) is 21.6. The van der Waals surface area contributed by atoms with E-state index in [4.69, 9.17) is 0 Å². The van der Waals surface area contributed by atoms with E-state index in [0.717, 1.165) is 31.2 Å². The van der Waals surface area contributed by atoms with E-state index in [1.807, 2.05) is 6.92 Å². The quantitative estimate of drug-likeness (QED) is 0.679. The first-order chi connectivity index (χ1) is 14.8. The SMILES string of the molecule is Cc1ccc(NS(=O)(=O)c2ccc3c(c2)NC(=O)C(C(=O)N2CCCCCC2)S3)nc1. The molecule has 0 saturated carbocycles. The van der Waals surface area contributed by atoms with Crippen LogP contribution < -0.4 is 10.0 Å². The topological polar surface area (TPSA) is 108 Å². The third-order valence-electron chi connectivity index (χ3n) is 5.29. The number of rotatable bonds is 4. The van der Waals surface area contributed by atoms with E-state index < -0.39 is 21.2 Å². The van der Waals surface area contributed by atoms with Crippen LogP contribution in [0, 0.1) is 6.92 Å². The molecule has 10 heteroatoms. The highest BCUT2D eigenvalue weighted by molar-refractivity contribution is 8.01. The number of aryl methyl sites for hydroxylation is 1. The smallest absolute Gasteiger partial charge is 0.263 e. The summed E-state index contributed by atoms with van der Waals surface area (Å²) < 4.78 is 27.9. The Morgan fingerprint density at radius 3 is 2.58 bits per heavy atom. The van der Waals surface area contributed by atoms with Crippen LogP contribution in [0.15, 0.2) is 46.3 Å². The van der Waals surface area contributed by atoms with Crippen molar-refractivity contribution < 1.29 is 18.0 Å². The molecule has 2 amide bonds. The lowest BCUT2D eigenvalue weighted by molar-refractivity contribution is -0.133. The largest absolute Gasteiger partial charge is 0.341 e. The van der Waals surface area contributed by atoms with Crippen molar-refractivity contribution in [1.29, 1.82) is 0 Å². The number of nitrogens with zero attached hydrogens (tertiary/aromatic N) is 2. The van der Waals surface area contributed by atoms with Gasteiger partial charge >= 0.3 is 0 Å². The molecule has 1 saturated heterocycles. The summed E-state index contributed by atoms with van der Waals surface area (Å²) in [4.78, 5) is 32.1. The Kier molecular flexibility index (Phi) is 6.19. The maximum atomic E-state index is 12.9. The molecule has 2 N–H and O–H groups in total. The number of thioether (sulfide) groups is 1. The predicted molar refractivity (Wildman–Crippen MR) is 120 cm³/mol. The van der Waals surface area contributed by atoms with Crippen LogP contribution in [0.3, 0.4) is 0 Å². The van der Waals surface area contributed by atoms with Gasteiger partial charge in [0.15, 0.2) is 5.25 Å². The maximum Gasteiger partial charge on any atom is 0.263 e. The molecule has 0 radical (unpaired) electrons. The monoisotopic (exact) mass is 460 g/mol. The highest BCUT2D eigenvalue weighted by Gasteiger charge is 2.36. The second-order valence-corrected chi connectivity index (χ2v) is 10.5. The summed E-state index contributed by atoms with van der Waals surface area (Å²) in [7, 11) is -3.88. The van der Waals surface area contributed by atoms with Crippen molar-refractivity contribution in [1.82, 2.24) is 9.88 Å². The van der Waals surface area contributed by atoms with Crippen LogP contribution in [0.4, 0.5) is 11.5 Å². The molecule has 0 spiro atoms.